The average Bonchev–Trinajstić information content (AvgIpc) is 2.53. The van der Waals surface area contributed by atoms with Crippen LogP contribution in [0, 0.1) is 6.92 Å². The quantitative estimate of drug-likeness (QED) is 0.702. The molecule has 1 aromatic heterocycles. The van der Waals surface area contributed by atoms with Crippen molar-refractivity contribution in [3.05, 3.63) is 35.5 Å². The fourth-order valence-electron chi connectivity index (χ4n) is 1.21. The second-order valence-corrected chi connectivity index (χ2v) is 4.07. The van der Waals surface area contributed by atoms with E-state index in [1.165, 1.54) is 0 Å². The molecule has 0 bridgehead atoms. The number of nitrogens with two attached hydrogens (primary N) is 1. The molecule has 66 valence electrons. The van der Waals surface area contributed by atoms with Gasteiger partial charge in [0.25, 0.3) is 0 Å². The topological polar surface area (TPSA) is 38.9 Å². The number of aryl methyl sites for hydroxylation is 1. The molecule has 2 rings (SSSR count). The number of rotatable bonds is 1. The molecule has 0 radical (unpaired) electrons. The van der Waals surface area contributed by atoms with Gasteiger partial charge in [0.1, 0.15) is 0 Å². The zero-order valence-corrected chi connectivity index (χ0v) is 8.14. The van der Waals surface area contributed by atoms with Crippen molar-refractivity contribution >= 4 is 17.0 Å². The zero-order chi connectivity index (χ0) is 9.26. The van der Waals surface area contributed by atoms with Gasteiger partial charge in [-0.05, 0) is 13.0 Å². The van der Waals surface area contributed by atoms with E-state index in [2.05, 4.69) is 4.98 Å². The molecule has 1 aromatic carbocycles. The number of hydrogen-bond acceptors (Lipinski definition) is 3. The van der Waals surface area contributed by atoms with Gasteiger partial charge in [0, 0.05) is 17.4 Å². The molecular formula is C10H10N2S. The Hall–Kier alpha value is -1.35. The monoisotopic (exact) mass is 190 g/mol. The molecule has 0 unspecified atom stereocenters. The van der Waals surface area contributed by atoms with Crippen LogP contribution in [0.2, 0.25) is 0 Å². The van der Waals surface area contributed by atoms with Crippen LogP contribution in [0.1, 0.15) is 5.01 Å². The number of anilines is 1. The van der Waals surface area contributed by atoms with E-state index in [0.717, 1.165) is 21.1 Å². The lowest BCUT2D eigenvalue weighted by molar-refractivity contribution is 1.30. The molecule has 3 heteroatoms. The fourth-order valence-corrected chi connectivity index (χ4v) is 2.03. The van der Waals surface area contributed by atoms with E-state index in [1.807, 2.05) is 37.4 Å². The second-order valence-electron chi connectivity index (χ2n) is 2.83. The molecule has 13 heavy (non-hydrogen) atoms. The standard InChI is InChI=1S/C10H10N2S/c1-7-12-6-10(13-7)8-4-2-3-5-9(8)11/h2-6H,11H2,1H3. The van der Waals surface area contributed by atoms with Gasteiger partial charge in [0.15, 0.2) is 0 Å². The van der Waals surface area contributed by atoms with Gasteiger partial charge in [-0.2, -0.15) is 0 Å². The Morgan fingerprint density at radius 1 is 1.31 bits per heavy atom. The second kappa shape index (κ2) is 3.18. The van der Waals surface area contributed by atoms with Crippen molar-refractivity contribution in [1.82, 2.24) is 4.98 Å². The Morgan fingerprint density at radius 2 is 2.08 bits per heavy atom. The minimum atomic E-state index is 0.811. The number of para-hydroxylation sites is 1. The maximum Gasteiger partial charge on any atom is 0.0900 e. The van der Waals surface area contributed by atoms with Crippen LogP contribution in [-0.2, 0) is 0 Å². The summed E-state index contributed by atoms with van der Waals surface area (Å²) in [6.45, 7) is 1.99. The Morgan fingerprint density at radius 3 is 2.69 bits per heavy atom. The van der Waals surface area contributed by atoms with Crippen LogP contribution in [0.15, 0.2) is 30.5 Å². The molecule has 0 aliphatic heterocycles. The third-order valence-corrected chi connectivity index (χ3v) is 2.79. The van der Waals surface area contributed by atoms with Crippen molar-refractivity contribution < 1.29 is 0 Å². The molecule has 0 fully saturated rings. The first-order valence-electron chi connectivity index (χ1n) is 4.04. The molecule has 0 aliphatic rings. The summed E-state index contributed by atoms with van der Waals surface area (Å²) in [5.41, 5.74) is 7.73. The molecule has 0 spiro atoms. The maximum absolute atomic E-state index is 5.84. The van der Waals surface area contributed by atoms with Crippen molar-refractivity contribution in [2.45, 2.75) is 6.92 Å². The van der Waals surface area contributed by atoms with Gasteiger partial charge in [0.2, 0.25) is 0 Å². The van der Waals surface area contributed by atoms with Crippen LogP contribution in [0.3, 0.4) is 0 Å². The number of hydrogen-bond donors (Lipinski definition) is 1. The van der Waals surface area contributed by atoms with Gasteiger partial charge in [-0.1, -0.05) is 18.2 Å². The third kappa shape index (κ3) is 1.55. The molecule has 0 saturated carbocycles. The van der Waals surface area contributed by atoms with Crippen LogP contribution >= 0.6 is 11.3 Å². The van der Waals surface area contributed by atoms with Crippen LogP contribution in [-0.4, -0.2) is 4.98 Å². The van der Waals surface area contributed by atoms with Crippen LogP contribution in [0.5, 0.6) is 0 Å². The number of nitrogens with zero attached hydrogens (tertiary/aromatic N) is 1. The highest BCUT2D eigenvalue weighted by atomic mass is 32.1. The summed E-state index contributed by atoms with van der Waals surface area (Å²) in [6.07, 6.45) is 1.87. The van der Waals surface area contributed by atoms with Crippen LogP contribution < -0.4 is 5.73 Å². The largest absolute Gasteiger partial charge is 0.398 e. The van der Waals surface area contributed by atoms with Crippen LogP contribution in [0.25, 0.3) is 10.4 Å². The maximum atomic E-state index is 5.84. The SMILES string of the molecule is Cc1ncc(-c2ccccc2N)s1. The predicted molar refractivity (Wildman–Crippen MR) is 56.7 cm³/mol. The summed E-state index contributed by atoms with van der Waals surface area (Å²) >= 11 is 1.66. The Labute approximate surface area is 81.1 Å². The number of aromatic nitrogens is 1. The Balaban J connectivity index is 2.52. The summed E-state index contributed by atoms with van der Waals surface area (Å²) in [4.78, 5) is 5.33. The minimum Gasteiger partial charge on any atom is -0.398 e. The summed E-state index contributed by atoms with van der Waals surface area (Å²) in [5.74, 6) is 0. The smallest absolute Gasteiger partial charge is 0.0900 e. The number of benzene rings is 1. The highest BCUT2D eigenvalue weighted by Crippen LogP contribution is 2.29. The fraction of sp³-hybridized carbons (Fsp3) is 0.100. The van der Waals surface area contributed by atoms with Crippen molar-refractivity contribution in [3.63, 3.8) is 0 Å². The Bertz CT molecular complexity index is 420. The molecular weight excluding hydrogens is 180 g/mol. The first-order chi connectivity index (χ1) is 6.27. The van der Waals surface area contributed by atoms with Crippen molar-refractivity contribution in [1.29, 1.82) is 0 Å². The lowest BCUT2D eigenvalue weighted by atomic mass is 10.1. The van der Waals surface area contributed by atoms with E-state index < -0.39 is 0 Å². The Kier molecular flexibility index (Phi) is 2.02. The highest BCUT2D eigenvalue weighted by Gasteiger charge is 2.03. The van der Waals surface area contributed by atoms with E-state index in [-0.39, 0.29) is 0 Å². The molecule has 0 amide bonds. The lowest BCUT2D eigenvalue weighted by Crippen LogP contribution is -1.86. The van der Waals surface area contributed by atoms with Gasteiger partial charge in [-0.3, -0.25) is 0 Å². The summed E-state index contributed by atoms with van der Waals surface area (Å²) in [7, 11) is 0. The van der Waals surface area contributed by atoms with Gasteiger partial charge in [0.05, 0.1) is 9.88 Å². The van der Waals surface area contributed by atoms with E-state index in [1.54, 1.807) is 11.3 Å². The predicted octanol–water partition coefficient (Wildman–Crippen LogP) is 2.70. The van der Waals surface area contributed by atoms with Crippen molar-refractivity contribution in [2.24, 2.45) is 0 Å². The van der Waals surface area contributed by atoms with Gasteiger partial charge in [-0.25, -0.2) is 4.98 Å². The van der Waals surface area contributed by atoms with E-state index in [4.69, 9.17) is 5.73 Å². The zero-order valence-electron chi connectivity index (χ0n) is 7.32. The average molecular weight is 190 g/mol. The first kappa shape index (κ1) is 8.26. The number of nitrogen functional groups attached to an aromatic ring is 1. The van der Waals surface area contributed by atoms with Crippen LogP contribution in [0.4, 0.5) is 5.69 Å². The molecule has 2 N–H and O–H groups in total. The van der Waals surface area contributed by atoms with Crippen molar-refractivity contribution in [3.8, 4) is 10.4 Å². The first-order valence-corrected chi connectivity index (χ1v) is 4.86. The molecule has 1 heterocycles. The summed E-state index contributed by atoms with van der Waals surface area (Å²) < 4.78 is 0. The molecule has 0 atom stereocenters. The van der Waals surface area contributed by atoms with E-state index in [0.29, 0.717) is 0 Å². The van der Waals surface area contributed by atoms with Gasteiger partial charge in [-0.15, -0.1) is 11.3 Å². The lowest BCUT2D eigenvalue weighted by Gasteiger charge is -1.99. The van der Waals surface area contributed by atoms with Gasteiger partial charge >= 0.3 is 0 Å². The third-order valence-electron chi connectivity index (χ3n) is 1.85. The number of thiazole rings is 1. The molecule has 0 aliphatic carbocycles. The van der Waals surface area contributed by atoms with E-state index in [9.17, 15) is 0 Å². The molecule has 2 nitrogen and oxygen atoms in total. The summed E-state index contributed by atoms with van der Waals surface area (Å²) in [6, 6.07) is 7.85. The normalized spacial score (nSPS) is 10.2. The highest BCUT2D eigenvalue weighted by molar-refractivity contribution is 7.15. The van der Waals surface area contributed by atoms with E-state index >= 15 is 0 Å². The molecule has 2 aromatic rings. The molecule has 0 saturated heterocycles. The van der Waals surface area contributed by atoms with Gasteiger partial charge < -0.3 is 5.73 Å². The minimum absolute atomic E-state index is 0.811. The van der Waals surface area contributed by atoms with Crippen molar-refractivity contribution in [2.75, 3.05) is 5.73 Å². The summed E-state index contributed by atoms with van der Waals surface area (Å²) in [5, 5.41) is 1.07.